The van der Waals surface area contributed by atoms with Crippen molar-refractivity contribution in [2.24, 2.45) is 22.7 Å². The smallest absolute Gasteiger partial charge is 0.00651 e. The van der Waals surface area contributed by atoms with Gasteiger partial charge < -0.3 is 0 Å². The largest absolute Gasteiger partial charge is 0.0925 e. The normalized spacial score (nSPS) is 40.8. The molecule has 2 aliphatic carbocycles. The molecule has 0 radical (unpaired) electrons. The van der Waals surface area contributed by atoms with Gasteiger partial charge in [0.05, 0.1) is 0 Å². The fraction of sp³-hybridized carbons (Fsp3) is 1.00. The van der Waals surface area contributed by atoms with Crippen LogP contribution in [0.3, 0.4) is 0 Å². The zero-order valence-corrected chi connectivity index (χ0v) is 12.1. The first-order valence-electron chi connectivity index (χ1n) is 6.60. The maximum absolute atomic E-state index is 3.66. The highest BCUT2D eigenvalue weighted by Gasteiger charge is 2.54. The predicted molar refractivity (Wildman–Crippen MR) is 70.4 cm³/mol. The summed E-state index contributed by atoms with van der Waals surface area (Å²) in [7, 11) is 0. The van der Waals surface area contributed by atoms with Crippen LogP contribution in [0.2, 0.25) is 0 Å². The molecule has 0 aromatic carbocycles. The van der Waals surface area contributed by atoms with Crippen molar-refractivity contribution in [3.8, 4) is 0 Å². The van der Waals surface area contributed by atoms with Crippen LogP contribution in [-0.2, 0) is 0 Å². The van der Waals surface area contributed by atoms with E-state index in [1.165, 1.54) is 43.9 Å². The van der Waals surface area contributed by atoms with E-state index in [1.54, 1.807) is 0 Å². The van der Waals surface area contributed by atoms with E-state index in [0.717, 1.165) is 17.3 Å². The third-order valence-corrected chi connectivity index (χ3v) is 6.32. The zero-order chi connectivity index (χ0) is 11.1. The molecule has 0 aliphatic heterocycles. The van der Waals surface area contributed by atoms with Crippen molar-refractivity contribution in [2.75, 3.05) is 5.33 Å². The van der Waals surface area contributed by atoms with Crippen molar-refractivity contribution < 1.29 is 0 Å². The van der Waals surface area contributed by atoms with Crippen LogP contribution in [0.25, 0.3) is 0 Å². The van der Waals surface area contributed by atoms with E-state index in [9.17, 15) is 0 Å². The summed E-state index contributed by atoms with van der Waals surface area (Å²) in [6.07, 6.45) is 8.85. The van der Waals surface area contributed by atoms with Crippen LogP contribution >= 0.6 is 15.9 Å². The van der Waals surface area contributed by atoms with E-state index >= 15 is 0 Å². The van der Waals surface area contributed by atoms with E-state index in [4.69, 9.17) is 0 Å². The first-order valence-corrected chi connectivity index (χ1v) is 7.72. The van der Waals surface area contributed by atoms with Crippen LogP contribution in [0, 0.1) is 22.7 Å². The van der Waals surface area contributed by atoms with Gasteiger partial charge in [-0.2, -0.15) is 0 Å². The molecule has 15 heavy (non-hydrogen) atoms. The number of rotatable bonds is 3. The SMILES string of the molecule is CCC(C)(C)C1CCC2(CC1)CC2CBr. The first kappa shape index (κ1) is 12.0. The zero-order valence-electron chi connectivity index (χ0n) is 10.5. The number of halogens is 1. The summed E-state index contributed by atoms with van der Waals surface area (Å²) >= 11 is 3.66. The van der Waals surface area contributed by atoms with Gasteiger partial charge in [-0.3, -0.25) is 0 Å². The van der Waals surface area contributed by atoms with E-state index in [-0.39, 0.29) is 0 Å². The molecule has 1 atom stereocenters. The highest BCUT2D eigenvalue weighted by molar-refractivity contribution is 9.09. The Bertz CT molecular complexity index is 223. The average molecular weight is 273 g/mol. The van der Waals surface area contributed by atoms with E-state index in [2.05, 4.69) is 36.7 Å². The third kappa shape index (κ3) is 2.14. The van der Waals surface area contributed by atoms with Gasteiger partial charge >= 0.3 is 0 Å². The second kappa shape index (κ2) is 4.05. The summed E-state index contributed by atoms with van der Waals surface area (Å²) in [5.41, 5.74) is 1.38. The lowest BCUT2D eigenvalue weighted by Gasteiger charge is -2.39. The molecule has 0 saturated heterocycles. The molecule has 0 heterocycles. The second-order valence-corrected chi connectivity index (χ2v) is 7.18. The van der Waals surface area contributed by atoms with Crippen LogP contribution in [0.1, 0.15) is 59.3 Å². The minimum Gasteiger partial charge on any atom is -0.0925 e. The lowest BCUT2D eigenvalue weighted by molar-refractivity contribution is 0.116. The lowest BCUT2D eigenvalue weighted by atomic mass is 9.66. The highest BCUT2D eigenvalue weighted by Crippen LogP contribution is 2.64. The van der Waals surface area contributed by atoms with Crippen LogP contribution in [0.5, 0.6) is 0 Å². The molecule has 88 valence electrons. The molecule has 2 saturated carbocycles. The summed E-state index contributed by atoms with van der Waals surface area (Å²) < 4.78 is 0. The van der Waals surface area contributed by atoms with Gasteiger partial charge in [0.15, 0.2) is 0 Å². The Morgan fingerprint density at radius 1 is 1.27 bits per heavy atom. The fourth-order valence-corrected chi connectivity index (χ4v) is 4.44. The van der Waals surface area contributed by atoms with Crippen LogP contribution < -0.4 is 0 Å². The number of hydrogen-bond acceptors (Lipinski definition) is 0. The Labute approximate surface area is 103 Å². The topological polar surface area (TPSA) is 0 Å². The van der Waals surface area contributed by atoms with E-state index in [1.807, 2.05) is 0 Å². The van der Waals surface area contributed by atoms with Crippen molar-refractivity contribution in [2.45, 2.75) is 59.3 Å². The molecule has 0 N–H and O–H groups in total. The highest BCUT2D eigenvalue weighted by atomic mass is 79.9. The van der Waals surface area contributed by atoms with Crippen molar-refractivity contribution in [3.05, 3.63) is 0 Å². The minimum atomic E-state index is 0.584. The third-order valence-electron chi connectivity index (χ3n) is 5.54. The molecule has 0 aromatic heterocycles. The van der Waals surface area contributed by atoms with Crippen LogP contribution in [0.15, 0.2) is 0 Å². The van der Waals surface area contributed by atoms with Crippen molar-refractivity contribution in [1.29, 1.82) is 0 Å². The van der Waals surface area contributed by atoms with Crippen LogP contribution in [-0.4, -0.2) is 5.33 Å². The van der Waals surface area contributed by atoms with E-state index in [0.29, 0.717) is 5.41 Å². The number of alkyl halides is 1. The fourth-order valence-electron chi connectivity index (χ4n) is 3.53. The maximum atomic E-state index is 3.66. The van der Waals surface area contributed by atoms with Crippen molar-refractivity contribution >= 4 is 15.9 Å². The molecule has 0 amide bonds. The van der Waals surface area contributed by atoms with E-state index < -0.39 is 0 Å². The van der Waals surface area contributed by atoms with Gasteiger partial charge in [-0.05, 0) is 54.8 Å². The molecule has 2 aliphatic rings. The molecule has 1 heteroatoms. The summed E-state index contributed by atoms with van der Waals surface area (Å²) in [5.74, 6) is 2.01. The summed E-state index contributed by atoms with van der Waals surface area (Å²) in [6.45, 7) is 7.28. The molecular weight excluding hydrogens is 248 g/mol. The molecular formula is C14H25Br. The van der Waals surface area contributed by atoms with Gasteiger partial charge in [-0.15, -0.1) is 0 Å². The Balaban J connectivity index is 1.88. The van der Waals surface area contributed by atoms with Gasteiger partial charge in [0.2, 0.25) is 0 Å². The molecule has 0 bridgehead atoms. The van der Waals surface area contributed by atoms with Gasteiger partial charge in [0.25, 0.3) is 0 Å². The minimum absolute atomic E-state index is 0.584. The number of hydrogen-bond donors (Lipinski definition) is 0. The van der Waals surface area contributed by atoms with Gasteiger partial charge in [-0.25, -0.2) is 0 Å². The predicted octanol–water partition coefficient (Wildman–Crippen LogP) is 5.01. The average Bonchev–Trinajstić information content (AvgIpc) is 2.92. The Kier molecular flexibility index (Phi) is 3.23. The summed E-state index contributed by atoms with van der Waals surface area (Å²) in [6, 6.07) is 0. The lowest BCUT2D eigenvalue weighted by Crippen LogP contribution is -2.29. The molecule has 0 nitrogen and oxygen atoms in total. The molecule has 1 unspecified atom stereocenters. The van der Waals surface area contributed by atoms with Gasteiger partial charge in [-0.1, -0.05) is 43.1 Å². The Hall–Kier alpha value is 0.480. The summed E-state index contributed by atoms with van der Waals surface area (Å²) in [4.78, 5) is 0. The molecule has 2 fully saturated rings. The summed E-state index contributed by atoms with van der Waals surface area (Å²) in [5, 5.41) is 1.24. The van der Waals surface area contributed by atoms with Gasteiger partial charge in [0.1, 0.15) is 0 Å². The Morgan fingerprint density at radius 3 is 2.27 bits per heavy atom. The molecule has 1 spiro atoms. The standard InChI is InChI=1S/C14H25Br/c1-4-13(2,3)11-5-7-14(8-6-11)9-12(14)10-15/h11-12H,4-10H2,1-3H3. The first-order chi connectivity index (χ1) is 7.04. The maximum Gasteiger partial charge on any atom is 0.00651 e. The second-order valence-electron chi connectivity index (χ2n) is 6.53. The molecule has 0 aromatic rings. The van der Waals surface area contributed by atoms with Crippen LogP contribution in [0.4, 0.5) is 0 Å². The van der Waals surface area contributed by atoms with Crippen molar-refractivity contribution in [1.82, 2.24) is 0 Å². The monoisotopic (exact) mass is 272 g/mol. The Morgan fingerprint density at radius 2 is 1.87 bits per heavy atom. The van der Waals surface area contributed by atoms with Crippen molar-refractivity contribution in [3.63, 3.8) is 0 Å². The quantitative estimate of drug-likeness (QED) is 0.634. The van der Waals surface area contributed by atoms with Gasteiger partial charge in [0, 0.05) is 5.33 Å². The molecule has 2 rings (SSSR count).